The molecule has 2 N–H and O–H groups in total. The Hall–Kier alpha value is -3.24. The van der Waals surface area contributed by atoms with Gasteiger partial charge < -0.3 is 20.0 Å². The van der Waals surface area contributed by atoms with Gasteiger partial charge in [0, 0.05) is 23.3 Å². The number of carbonyl (C=O) groups is 1. The van der Waals surface area contributed by atoms with Gasteiger partial charge in [-0.05, 0) is 42.4 Å². The standard InChI is InChI=1S/C24H19ClFNO3.C2H6.CH5N/c1-29-11-12-30-22-10-8-18(14-27)23(24(22)26)19-13-17(7-9-21(19)25)20(15-28)16-5-3-2-4-6-16;2*1-2/h2-10,13,15,20H,11-12H2,1H3;1-2H3;2H2,1H3. The second-order valence-electron chi connectivity index (χ2n) is 6.52. The maximum atomic E-state index is 15.3. The fourth-order valence-corrected chi connectivity index (χ4v) is 3.41. The van der Waals surface area contributed by atoms with Crippen molar-refractivity contribution >= 4 is 17.9 Å². The molecular weight excluding hydrogens is 455 g/mol. The normalized spacial score (nSPS) is 10.5. The van der Waals surface area contributed by atoms with Crippen LogP contribution in [0.4, 0.5) is 4.39 Å². The summed E-state index contributed by atoms with van der Waals surface area (Å²) in [5, 5.41) is 9.79. The van der Waals surface area contributed by atoms with Crippen molar-refractivity contribution in [1.29, 1.82) is 5.26 Å². The Kier molecular flexibility index (Phi) is 13.2. The number of nitrogens with zero attached hydrogens (tertiary/aromatic N) is 1. The predicted octanol–water partition coefficient (Wildman–Crippen LogP) is 5.97. The smallest absolute Gasteiger partial charge is 0.174 e. The summed E-state index contributed by atoms with van der Waals surface area (Å²) < 4.78 is 25.7. The first-order valence-electron chi connectivity index (χ1n) is 10.8. The van der Waals surface area contributed by atoms with Gasteiger partial charge in [0.1, 0.15) is 12.9 Å². The highest BCUT2D eigenvalue weighted by Gasteiger charge is 2.21. The van der Waals surface area contributed by atoms with Crippen LogP contribution < -0.4 is 10.5 Å². The summed E-state index contributed by atoms with van der Waals surface area (Å²) in [6.45, 7) is 4.46. The average Bonchev–Trinajstić information content (AvgIpc) is 2.89. The Morgan fingerprint density at radius 3 is 2.32 bits per heavy atom. The molecule has 1 atom stereocenters. The number of nitriles is 1. The first-order valence-corrected chi connectivity index (χ1v) is 11.2. The van der Waals surface area contributed by atoms with Crippen LogP contribution >= 0.6 is 11.6 Å². The highest BCUT2D eigenvalue weighted by atomic mass is 35.5. The first-order chi connectivity index (χ1) is 16.6. The lowest BCUT2D eigenvalue weighted by atomic mass is 9.89. The van der Waals surface area contributed by atoms with Crippen molar-refractivity contribution in [3.05, 3.63) is 88.2 Å². The minimum atomic E-state index is -0.688. The molecule has 3 rings (SSSR count). The molecule has 180 valence electrons. The number of carbonyl (C=O) groups excluding carboxylic acids is 1. The van der Waals surface area contributed by atoms with Crippen molar-refractivity contribution in [2.24, 2.45) is 5.73 Å². The monoisotopic (exact) mass is 484 g/mol. The number of ether oxygens (including phenoxy) is 2. The first kappa shape index (κ1) is 28.8. The van der Waals surface area contributed by atoms with Gasteiger partial charge in [0.05, 0.1) is 24.2 Å². The predicted molar refractivity (Wildman–Crippen MR) is 135 cm³/mol. The molecule has 0 heterocycles. The van der Waals surface area contributed by atoms with E-state index in [1.807, 2.05) is 50.2 Å². The highest BCUT2D eigenvalue weighted by molar-refractivity contribution is 6.33. The van der Waals surface area contributed by atoms with Crippen LogP contribution in [0.1, 0.15) is 36.5 Å². The summed E-state index contributed by atoms with van der Waals surface area (Å²) in [7, 11) is 3.02. The Labute approximate surface area is 205 Å². The quantitative estimate of drug-likeness (QED) is 0.314. The van der Waals surface area contributed by atoms with E-state index in [0.29, 0.717) is 17.7 Å². The summed E-state index contributed by atoms with van der Waals surface area (Å²) in [6.07, 6.45) is 0.828. The molecule has 1 unspecified atom stereocenters. The number of hydrogen-bond donors (Lipinski definition) is 1. The number of halogens is 2. The van der Waals surface area contributed by atoms with Crippen molar-refractivity contribution in [1.82, 2.24) is 0 Å². The zero-order chi connectivity index (χ0) is 25.5. The van der Waals surface area contributed by atoms with Crippen molar-refractivity contribution in [3.8, 4) is 22.9 Å². The van der Waals surface area contributed by atoms with E-state index in [9.17, 15) is 10.1 Å². The summed E-state index contributed by atoms with van der Waals surface area (Å²) in [6, 6.07) is 19.1. The van der Waals surface area contributed by atoms with Gasteiger partial charge in [0.15, 0.2) is 11.6 Å². The van der Waals surface area contributed by atoms with Crippen LogP contribution in [0.3, 0.4) is 0 Å². The molecule has 0 saturated carbocycles. The van der Waals surface area contributed by atoms with Gasteiger partial charge in [-0.1, -0.05) is 61.8 Å². The van der Waals surface area contributed by atoms with E-state index in [4.69, 9.17) is 21.1 Å². The van der Waals surface area contributed by atoms with Gasteiger partial charge in [0.2, 0.25) is 0 Å². The fraction of sp³-hybridized carbons (Fsp3) is 0.259. The van der Waals surface area contributed by atoms with E-state index in [1.54, 1.807) is 18.2 Å². The lowest BCUT2D eigenvalue weighted by Crippen LogP contribution is -2.07. The third-order valence-corrected chi connectivity index (χ3v) is 5.02. The summed E-state index contributed by atoms with van der Waals surface area (Å²) >= 11 is 6.38. The fourth-order valence-electron chi connectivity index (χ4n) is 3.20. The molecule has 0 fully saturated rings. The number of benzene rings is 3. The van der Waals surface area contributed by atoms with Gasteiger partial charge in [-0.2, -0.15) is 5.26 Å². The molecule has 0 aromatic heterocycles. The Morgan fingerprint density at radius 1 is 1.06 bits per heavy atom. The Bertz CT molecular complexity index is 1090. The molecule has 7 heteroatoms. The van der Waals surface area contributed by atoms with Gasteiger partial charge in [0.25, 0.3) is 0 Å². The molecule has 34 heavy (non-hydrogen) atoms. The molecule has 0 spiro atoms. The molecular formula is C27H30ClFN2O3. The van der Waals surface area contributed by atoms with Crippen LogP contribution in [0.15, 0.2) is 60.7 Å². The van der Waals surface area contributed by atoms with Crippen LogP contribution in [0.25, 0.3) is 11.1 Å². The molecule has 0 bridgehead atoms. The van der Waals surface area contributed by atoms with E-state index >= 15 is 4.39 Å². The molecule has 5 nitrogen and oxygen atoms in total. The maximum absolute atomic E-state index is 15.3. The number of methoxy groups -OCH3 is 1. The lowest BCUT2D eigenvalue weighted by molar-refractivity contribution is -0.108. The van der Waals surface area contributed by atoms with E-state index in [2.05, 4.69) is 5.73 Å². The molecule has 0 aliphatic rings. The van der Waals surface area contributed by atoms with Gasteiger partial charge in [-0.15, -0.1) is 0 Å². The van der Waals surface area contributed by atoms with E-state index in [0.717, 1.165) is 11.8 Å². The summed E-state index contributed by atoms with van der Waals surface area (Å²) in [5.74, 6) is -1.24. The SMILES string of the molecule is CC.CN.COCCOc1ccc(C#N)c(-c2cc(C(C=O)c3ccccc3)ccc2Cl)c1F. The average molecular weight is 485 g/mol. The lowest BCUT2D eigenvalue weighted by Gasteiger charge is -2.16. The molecule has 0 aliphatic heterocycles. The molecule has 0 radical (unpaired) electrons. The van der Waals surface area contributed by atoms with Gasteiger partial charge in [-0.25, -0.2) is 4.39 Å². The van der Waals surface area contributed by atoms with Gasteiger partial charge in [-0.3, -0.25) is 0 Å². The number of hydrogen-bond acceptors (Lipinski definition) is 5. The highest BCUT2D eigenvalue weighted by Crippen LogP contribution is 2.38. The number of rotatable bonds is 8. The largest absolute Gasteiger partial charge is 0.488 e. The van der Waals surface area contributed by atoms with E-state index in [1.165, 1.54) is 26.3 Å². The zero-order valence-corrected chi connectivity index (χ0v) is 20.6. The molecule has 0 aliphatic carbocycles. The van der Waals surface area contributed by atoms with Crippen LogP contribution in [0, 0.1) is 17.1 Å². The third kappa shape index (κ3) is 7.13. The number of aldehydes is 1. The Morgan fingerprint density at radius 2 is 1.74 bits per heavy atom. The van der Waals surface area contributed by atoms with Crippen molar-refractivity contribution in [2.45, 2.75) is 19.8 Å². The minimum Gasteiger partial charge on any atom is -0.488 e. The van der Waals surface area contributed by atoms with E-state index in [-0.39, 0.29) is 28.5 Å². The molecule has 3 aromatic rings. The van der Waals surface area contributed by atoms with Crippen molar-refractivity contribution in [3.63, 3.8) is 0 Å². The summed E-state index contributed by atoms with van der Waals surface area (Å²) in [4.78, 5) is 11.8. The maximum Gasteiger partial charge on any atom is 0.174 e. The van der Waals surface area contributed by atoms with Crippen LogP contribution in [0.2, 0.25) is 5.02 Å². The summed E-state index contributed by atoms with van der Waals surface area (Å²) in [5.41, 5.74) is 6.43. The van der Waals surface area contributed by atoms with Crippen LogP contribution in [-0.2, 0) is 9.53 Å². The molecule has 0 saturated heterocycles. The topological polar surface area (TPSA) is 85.3 Å². The minimum absolute atomic E-state index is 0.00230. The second kappa shape index (κ2) is 15.6. The van der Waals surface area contributed by atoms with Crippen molar-refractivity contribution in [2.75, 3.05) is 27.4 Å². The van der Waals surface area contributed by atoms with E-state index < -0.39 is 11.7 Å². The van der Waals surface area contributed by atoms with Gasteiger partial charge >= 0.3 is 0 Å². The zero-order valence-electron chi connectivity index (χ0n) is 19.8. The second-order valence-corrected chi connectivity index (χ2v) is 6.92. The third-order valence-electron chi connectivity index (χ3n) is 4.69. The Balaban J connectivity index is 0.00000137. The number of nitrogens with two attached hydrogens (primary N) is 1. The van der Waals surface area contributed by atoms with Crippen LogP contribution in [0.5, 0.6) is 5.75 Å². The van der Waals surface area contributed by atoms with Crippen molar-refractivity contribution < 1.29 is 18.7 Å². The van der Waals surface area contributed by atoms with Crippen LogP contribution in [-0.4, -0.2) is 33.7 Å². The molecule has 0 amide bonds. The molecule has 3 aromatic carbocycles.